The van der Waals surface area contributed by atoms with E-state index in [4.69, 9.17) is 4.74 Å². The van der Waals surface area contributed by atoms with Crippen molar-refractivity contribution < 1.29 is 4.74 Å². The number of nitrogens with zero attached hydrogens (tertiary/aromatic N) is 2. The molecule has 0 spiro atoms. The fourth-order valence-corrected chi connectivity index (χ4v) is 3.45. The quantitative estimate of drug-likeness (QED) is 0.759. The molecule has 0 amide bonds. The van der Waals surface area contributed by atoms with E-state index in [1.165, 1.54) is 22.5 Å². The zero-order chi connectivity index (χ0) is 17.2. The van der Waals surface area contributed by atoms with Crippen molar-refractivity contribution in [2.45, 2.75) is 19.9 Å². The lowest BCUT2D eigenvalue weighted by Gasteiger charge is -2.30. The monoisotopic (exact) mass is 336 g/mol. The van der Waals surface area contributed by atoms with Gasteiger partial charge < -0.3 is 15.0 Å². The standard InChI is InChI=1S/C20H24N4O/c1-14-6-7-17(24-8-10-25-11-9-24)12-19(14)22-15(2)18-5-3-4-16-13-21-23-20(16)18/h3-7,12-13,15,22H,8-11H2,1-2H3,(H,21,23). The minimum Gasteiger partial charge on any atom is -0.378 e. The van der Waals surface area contributed by atoms with Crippen LogP contribution in [0.4, 0.5) is 11.4 Å². The van der Waals surface area contributed by atoms with E-state index in [0.717, 1.165) is 37.2 Å². The van der Waals surface area contributed by atoms with E-state index in [-0.39, 0.29) is 6.04 Å². The Kier molecular flexibility index (Phi) is 4.32. The fraction of sp³-hybridized carbons (Fsp3) is 0.350. The van der Waals surface area contributed by atoms with Crippen LogP contribution in [-0.2, 0) is 4.74 Å². The van der Waals surface area contributed by atoms with Gasteiger partial charge in [-0.1, -0.05) is 24.3 Å². The Morgan fingerprint density at radius 3 is 2.88 bits per heavy atom. The molecule has 5 nitrogen and oxygen atoms in total. The molecule has 0 saturated carbocycles. The van der Waals surface area contributed by atoms with E-state index >= 15 is 0 Å². The zero-order valence-corrected chi connectivity index (χ0v) is 14.7. The molecule has 2 aromatic carbocycles. The third kappa shape index (κ3) is 3.20. The predicted octanol–water partition coefficient (Wildman–Crippen LogP) is 3.88. The molecule has 0 radical (unpaired) electrons. The number of hydrogen-bond acceptors (Lipinski definition) is 4. The third-order valence-electron chi connectivity index (χ3n) is 4.94. The summed E-state index contributed by atoms with van der Waals surface area (Å²) in [5, 5.41) is 12.1. The molecule has 0 aliphatic carbocycles. The molecule has 1 aliphatic heterocycles. The van der Waals surface area contributed by atoms with Gasteiger partial charge in [-0.05, 0) is 37.1 Å². The van der Waals surface area contributed by atoms with Gasteiger partial charge in [0.2, 0.25) is 0 Å². The Labute approximate surface area is 148 Å². The second kappa shape index (κ2) is 6.76. The zero-order valence-electron chi connectivity index (χ0n) is 14.7. The molecule has 2 heterocycles. The molecule has 1 aliphatic rings. The van der Waals surface area contributed by atoms with Gasteiger partial charge in [0.25, 0.3) is 0 Å². The number of aromatic nitrogens is 2. The maximum Gasteiger partial charge on any atom is 0.0702 e. The Bertz CT molecular complexity index is 867. The summed E-state index contributed by atoms with van der Waals surface area (Å²) in [6.45, 7) is 7.84. The van der Waals surface area contributed by atoms with Crippen LogP contribution in [0, 0.1) is 6.92 Å². The molecule has 25 heavy (non-hydrogen) atoms. The summed E-state index contributed by atoms with van der Waals surface area (Å²) in [4.78, 5) is 2.38. The first kappa shape index (κ1) is 16.0. The SMILES string of the molecule is Cc1ccc(N2CCOCC2)cc1NC(C)c1cccc2cn[nH]c12. The molecule has 3 aromatic rings. The van der Waals surface area contributed by atoms with E-state index in [1.807, 2.05) is 6.20 Å². The topological polar surface area (TPSA) is 53.2 Å². The number of rotatable bonds is 4. The van der Waals surface area contributed by atoms with Crippen molar-refractivity contribution in [3.05, 3.63) is 53.7 Å². The number of H-pyrrole nitrogens is 1. The molecule has 5 heteroatoms. The molecule has 1 fully saturated rings. The number of aryl methyl sites for hydroxylation is 1. The van der Waals surface area contributed by atoms with Crippen molar-refractivity contribution in [3.63, 3.8) is 0 Å². The predicted molar refractivity (Wildman–Crippen MR) is 102 cm³/mol. The van der Waals surface area contributed by atoms with Crippen molar-refractivity contribution in [2.24, 2.45) is 0 Å². The van der Waals surface area contributed by atoms with Gasteiger partial charge in [-0.25, -0.2) is 0 Å². The molecule has 0 bridgehead atoms. The van der Waals surface area contributed by atoms with Gasteiger partial charge in [0, 0.05) is 29.9 Å². The van der Waals surface area contributed by atoms with Crippen LogP contribution in [0.2, 0.25) is 0 Å². The van der Waals surface area contributed by atoms with Gasteiger partial charge in [-0.3, -0.25) is 5.10 Å². The maximum atomic E-state index is 5.46. The van der Waals surface area contributed by atoms with Gasteiger partial charge in [0.1, 0.15) is 0 Å². The van der Waals surface area contributed by atoms with E-state index in [9.17, 15) is 0 Å². The molecular weight excluding hydrogens is 312 g/mol. The molecule has 4 rings (SSSR count). The minimum absolute atomic E-state index is 0.183. The highest BCUT2D eigenvalue weighted by atomic mass is 16.5. The Balaban J connectivity index is 1.60. The van der Waals surface area contributed by atoms with Crippen molar-refractivity contribution >= 4 is 22.3 Å². The number of benzene rings is 2. The lowest BCUT2D eigenvalue weighted by atomic mass is 10.0. The van der Waals surface area contributed by atoms with Crippen molar-refractivity contribution in [1.29, 1.82) is 0 Å². The highest BCUT2D eigenvalue weighted by Gasteiger charge is 2.15. The van der Waals surface area contributed by atoms with Gasteiger partial charge >= 0.3 is 0 Å². The van der Waals surface area contributed by atoms with Gasteiger partial charge in [0.05, 0.1) is 31.0 Å². The number of morpholine rings is 1. The first-order valence-corrected chi connectivity index (χ1v) is 8.84. The van der Waals surface area contributed by atoms with Gasteiger partial charge in [0.15, 0.2) is 0 Å². The second-order valence-electron chi connectivity index (χ2n) is 6.65. The van der Waals surface area contributed by atoms with Crippen LogP contribution in [0.3, 0.4) is 0 Å². The lowest BCUT2D eigenvalue weighted by Crippen LogP contribution is -2.36. The summed E-state index contributed by atoms with van der Waals surface area (Å²) in [6, 6.07) is 13.1. The van der Waals surface area contributed by atoms with Crippen LogP contribution in [0.1, 0.15) is 24.1 Å². The normalized spacial score (nSPS) is 16.2. The van der Waals surface area contributed by atoms with Crippen LogP contribution in [-0.4, -0.2) is 36.5 Å². The Morgan fingerprint density at radius 2 is 2.04 bits per heavy atom. The molecule has 130 valence electrons. The Hall–Kier alpha value is -2.53. The molecule has 1 unspecified atom stereocenters. The highest BCUT2D eigenvalue weighted by molar-refractivity contribution is 5.82. The smallest absolute Gasteiger partial charge is 0.0702 e. The summed E-state index contributed by atoms with van der Waals surface area (Å²) in [5.74, 6) is 0. The van der Waals surface area contributed by atoms with E-state index in [0.29, 0.717) is 0 Å². The summed E-state index contributed by atoms with van der Waals surface area (Å²) < 4.78 is 5.46. The van der Waals surface area contributed by atoms with Crippen LogP contribution in [0.25, 0.3) is 10.9 Å². The number of ether oxygens (including phenoxy) is 1. The van der Waals surface area contributed by atoms with Crippen molar-refractivity contribution in [3.8, 4) is 0 Å². The minimum atomic E-state index is 0.183. The number of para-hydroxylation sites is 1. The lowest BCUT2D eigenvalue weighted by molar-refractivity contribution is 0.122. The van der Waals surface area contributed by atoms with Crippen LogP contribution in [0.15, 0.2) is 42.6 Å². The number of nitrogens with one attached hydrogen (secondary N) is 2. The molecule has 1 saturated heterocycles. The number of aromatic amines is 1. The van der Waals surface area contributed by atoms with Gasteiger partial charge in [-0.2, -0.15) is 5.10 Å². The summed E-state index contributed by atoms with van der Waals surface area (Å²) in [5.41, 5.74) is 6.01. The molecule has 1 atom stereocenters. The Morgan fingerprint density at radius 1 is 1.20 bits per heavy atom. The summed E-state index contributed by atoms with van der Waals surface area (Å²) in [6.07, 6.45) is 1.87. The molecule has 1 aromatic heterocycles. The molecular formula is C20H24N4O. The average Bonchev–Trinajstić information content (AvgIpc) is 3.13. The first-order chi connectivity index (χ1) is 12.2. The van der Waals surface area contributed by atoms with Crippen LogP contribution in [0.5, 0.6) is 0 Å². The number of hydrogen-bond donors (Lipinski definition) is 2. The highest BCUT2D eigenvalue weighted by Crippen LogP contribution is 2.29. The second-order valence-corrected chi connectivity index (χ2v) is 6.65. The fourth-order valence-electron chi connectivity index (χ4n) is 3.45. The first-order valence-electron chi connectivity index (χ1n) is 8.84. The van der Waals surface area contributed by atoms with Crippen LogP contribution >= 0.6 is 0 Å². The van der Waals surface area contributed by atoms with E-state index in [2.05, 4.69) is 70.7 Å². The van der Waals surface area contributed by atoms with E-state index in [1.54, 1.807) is 0 Å². The number of fused-ring (bicyclic) bond motifs is 1. The number of anilines is 2. The maximum absolute atomic E-state index is 5.46. The third-order valence-corrected chi connectivity index (χ3v) is 4.94. The summed E-state index contributed by atoms with van der Waals surface area (Å²) >= 11 is 0. The average molecular weight is 336 g/mol. The van der Waals surface area contributed by atoms with Gasteiger partial charge in [-0.15, -0.1) is 0 Å². The van der Waals surface area contributed by atoms with Crippen molar-refractivity contribution in [2.75, 3.05) is 36.5 Å². The molecule has 2 N–H and O–H groups in total. The van der Waals surface area contributed by atoms with Crippen LogP contribution < -0.4 is 10.2 Å². The van der Waals surface area contributed by atoms with Crippen molar-refractivity contribution in [1.82, 2.24) is 10.2 Å². The van der Waals surface area contributed by atoms with E-state index < -0.39 is 0 Å². The summed E-state index contributed by atoms with van der Waals surface area (Å²) in [7, 11) is 0. The largest absolute Gasteiger partial charge is 0.378 e.